The van der Waals surface area contributed by atoms with E-state index < -0.39 is 0 Å². The maximum absolute atomic E-state index is 11.8. The minimum atomic E-state index is 0.0228. The van der Waals surface area contributed by atoms with Crippen LogP contribution in [0.4, 0.5) is 5.69 Å². The van der Waals surface area contributed by atoms with Crippen molar-refractivity contribution in [2.24, 2.45) is 11.7 Å². The highest BCUT2D eigenvalue weighted by atomic mass is 35.5. The molecule has 1 fully saturated rings. The minimum absolute atomic E-state index is 0.0228. The highest BCUT2D eigenvalue weighted by molar-refractivity contribution is 6.30. The quantitative estimate of drug-likeness (QED) is 0.869. The number of halogens is 1. The summed E-state index contributed by atoms with van der Waals surface area (Å²) in [7, 11) is 0. The molecule has 0 bridgehead atoms. The van der Waals surface area contributed by atoms with Crippen LogP contribution in [0.1, 0.15) is 25.7 Å². The molecule has 0 aliphatic heterocycles. The van der Waals surface area contributed by atoms with E-state index in [1.165, 1.54) is 0 Å². The summed E-state index contributed by atoms with van der Waals surface area (Å²) in [6, 6.07) is 7.36. The van der Waals surface area contributed by atoms with Gasteiger partial charge in [0.15, 0.2) is 0 Å². The number of benzene rings is 1. The van der Waals surface area contributed by atoms with E-state index in [4.69, 9.17) is 17.3 Å². The monoisotopic (exact) mass is 252 g/mol. The smallest absolute Gasteiger partial charge is 0.224 e. The lowest BCUT2D eigenvalue weighted by molar-refractivity contribution is -0.117. The Morgan fingerprint density at radius 1 is 1.47 bits per heavy atom. The van der Waals surface area contributed by atoms with E-state index in [9.17, 15) is 4.79 Å². The molecular weight excluding hydrogens is 236 g/mol. The van der Waals surface area contributed by atoms with Gasteiger partial charge in [0.1, 0.15) is 0 Å². The molecule has 3 nitrogen and oxygen atoms in total. The Hall–Kier alpha value is -1.06. The topological polar surface area (TPSA) is 55.1 Å². The number of nitrogens with one attached hydrogen (secondary N) is 1. The van der Waals surface area contributed by atoms with Crippen LogP contribution in [0.5, 0.6) is 0 Å². The van der Waals surface area contributed by atoms with E-state index in [0.717, 1.165) is 24.9 Å². The molecule has 2 rings (SSSR count). The van der Waals surface area contributed by atoms with Crippen molar-refractivity contribution in [2.45, 2.75) is 31.7 Å². The van der Waals surface area contributed by atoms with Crippen molar-refractivity contribution in [1.82, 2.24) is 0 Å². The van der Waals surface area contributed by atoms with Crippen LogP contribution in [0.3, 0.4) is 0 Å². The Bertz CT molecular complexity index is 408. The van der Waals surface area contributed by atoms with E-state index >= 15 is 0 Å². The summed E-state index contributed by atoms with van der Waals surface area (Å²) in [6.45, 7) is 0. The van der Waals surface area contributed by atoms with Gasteiger partial charge in [0.05, 0.1) is 0 Å². The second-order valence-corrected chi connectivity index (χ2v) is 5.05. The molecule has 0 unspecified atom stereocenters. The first-order valence-corrected chi connectivity index (χ1v) is 6.34. The first kappa shape index (κ1) is 12.4. The van der Waals surface area contributed by atoms with Crippen molar-refractivity contribution in [2.75, 3.05) is 5.32 Å². The molecule has 0 spiro atoms. The zero-order valence-corrected chi connectivity index (χ0v) is 10.4. The first-order valence-electron chi connectivity index (χ1n) is 5.96. The van der Waals surface area contributed by atoms with Crippen molar-refractivity contribution in [3.8, 4) is 0 Å². The lowest BCUT2D eigenvalue weighted by Crippen LogP contribution is -2.28. The number of carbonyl (C=O) groups excluding carboxylic acids is 1. The van der Waals surface area contributed by atoms with Gasteiger partial charge in [-0.2, -0.15) is 0 Å². The molecular formula is C13H17ClN2O. The summed E-state index contributed by atoms with van der Waals surface area (Å²) in [5.74, 6) is 0.351. The molecule has 3 N–H and O–H groups in total. The van der Waals surface area contributed by atoms with Crippen molar-refractivity contribution in [1.29, 1.82) is 0 Å². The van der Waals surface area contributed by atoms with Gasteiger partial charge in [-0.1, -0.05) is 24.1 Å². The van der Waals surface area contributed by atoms with Crippen LogP contribution in [0.25, 0.3) is 0 Å². The third-order valence-electron chi connectivity index (χ3n) is 3.27. The molecule has 0 saturated heterocycles. The first-order chi connectivity index (χ1) is 8.15. The Kier molecular flexibility index (Phi) is 4.02. The molecule has 1 amide bonds. The van der Waals surface area contributed by atoms with Crippen molar-refractivity contribution in [3.63, 3.8) is 0 Å². The lowest BCUT2D eigenvalue weighted by Gasteiger charge is -2.14. The minimum Gasteiger partial charge on any atom is -0.327 e. The van der Waals surface area contributed by atoms with Crippen LogP contribution in [-0.4, -0.2) is 11.9 Å². The summed E-state index contributed by atoms with van der Waals surface area (Å²) in [6.07, 6.45) is 3.74. The van der Waals surface area contributed by atoms with Crippen LogP contribution in [0.15, 0.2) is 24.3 Å². The number of anilines is 1. The summed E-state index contributed by atoms with van der Waals surface area (Å²) in [5.41, 5.74) is 6.69. The number of nitrogens with two attached hydrogens (primary N) is 1. The molecule has 17 heavy (non-hydrogen) atoms. The fourth-order valence-corrected chi connectivity index (χ4v) is 2.53. The second kappa shape index (κ2) is 5.52. The zero-order chi connectivity index (χ0) is 12.3. The van der Waals surface area contributed by atoms with Crippen molar-refractivity contribution >= 4 is 23.2 Å². The number of hydrogen-bond acceptors (Lipinski definition) is 2. The molecule has 1 aliphatic rings. The van der Waals surface area contributed by atoms with E-state index in [1.807, 2.05) is 12.1 Å². The van der Waals surface area contributed by atoms with Crippen molar-refractivity contribution in [3.05, 3.63) is 29.3 Å². The van der Waals surface area contributed by atoms with Gasteiger partial charge < -0.3 is 11.1 Å². The van der Waals surface area contributed by atoms with Gasteiger partial charge in [-0.3, -0.25) is 4.79 Å². The largest absolute Gasteiger partial charge is 0.327 e. The summed E-state index contributed by atoms with van der Waals surface area (Å²) in [5, 5.41) is 3.48. The third-order valence-corrected chi connectivity index (χ3v) is 3.51. The standard InChI is InChI=1S/C13H17ClN2O/c14-10-4-2-5-11(8-10)16-13(17)7-9-3-1-6-12(9)15/h2,4-5,8-9,12H,1,3,6-7,15H2,(H,16,17)/t9-,12+/m0/s1. The van der Waals surface area contributed by atoms with Gasteiger partial charge in [-0.25, -0.2) is 0 Å². The number of amides is 1. The lowest BCUT2D eigenvalue weighted by atomic mass is 10.00. The van der Waals surface area contributed by atoms with Gasteiger partial charge >= 0.3 is 0 Å². The van der Waals surface area contributed by atoms with Gasteiger partial charge in [-0.05, 0) is 37.0 Å². The molecule has 2 atom stereocenters. The van der Waals surface area contributed by atoms with Crippen molar-refractivity contribution < 1.29 is 4.79 Å². The summed E-state index contributed by atoms with van der Waals surface area (Å²) >= 11 is 5.85. The summed E-state index contributed by atoms with van der Waals surface area (Å²) in [4.78, 5) is 11.8. The molecule has 4 heteroatoms. The molecule has 0 heterocycles. The Labute approximate surface area is 106 Å². The molecule has 1 aliphatic carbocycles. The zero-order valence-electron chi connectivity index (χ0n) is 9.66. The molecule has 1 saturated carbocycles. The normalized spacial score (nSPS) is 23.6. The third kappa shape index (κ3) is 3.45. The van der Waals surface area contributed by atoms with Gasteiger partial charge in [0.2, 0.25) is 5.91 Å². The number of hydrogen-bond donors (Lipinski definition) is 2. The van der Waals surface area contributed by atoms with Gasteiger partial charge in [-0.15, -0.1) is 0 Å². The maximum Gasteiger partial charge on any atom is 0.224 e. The molecule has 1 aromatic carbocycles. The molecule has 1 aromatic rings. The fourth-order valence-electron chi connectivity index (χ4n) is 2.34. The summed E-state index contributed by atoms with van der Waals surface area (Å²) < 4.78 is 0. The van der Waals surface area contributed by atoms with Crippen LogP contribution in [-0.2, 0) is 4.79 Å². The van der Waals surface area contributed by atoms with Gasteiger partial charge in [0.25, 0.3) is 0 Å². The predicted octanol–water partition coefficient (Wildman–Crippen LogP) is 2.80. The fraction of sp³-hybridized carbons (Fsp3) is 0.462. The molecule has 0 radical (unpaired) electrons. The highest BCUT2D eigenvalue weighted by Gasteiger charge is 2.25. The van der Waals surface area contributed by atoms with E-state index in [0.29, 0.717) is 17.4 Å². The SMILES string of the molecule is N[C@@H]1CCC[C@H]1CC(=O)Nc1cccc(Cl)c1. The van der Waals surface area contributed by atoms with Gasteiger partial charge in [0, 0.05) is 23.2 Å². The highest BCUT2D eigenvalue weighted by Crippen LogP contribution is 2.27. The van der Waals surface area contributed by atoms with E-state index in [2.05, 4.69) is 5.32 Å². The van der Waals surface area contributed by atoms with Crippen LogP contribution < -0.4 is 11.1 Å². The number of rotatable bonds is 3. The Balaban J connectivity index is 1.89. The van der Waals surface area contributed by atoms with Crippen LogP contribution in [0.2, 0.25) is 5.02 Å². The molecule has 92 valence electrons. The Morgan fingerprint density at radius 3 is 2.94 bits per heavy atom. The van der Waals surface area contributed by atoms with Crippen LogP contribution in [0, 0.1) is 5.92 Å². The average molecular weight is 253 g/mol. The van der Waals surface area contributed by atoms with Crippen LogP contribution >= 0.6 is 11.6 Å². The van der Waals surface area contributed by atoms with E-state index in [1.54, 1.807) is 12.1 Å². The Morgan fingerprint density at radius 2 is 2.29 bits per heavy atom. The second-order valence-electron chi connectivity index (χ2n) is 4.62. The van der Waals surface area contributed by atoms with E-state index in [-0.39, 0.29) is 11.9 Å². The predicted molar refractivity (Wildman–Crippen MR) is 70.0 cm³/mol. The average Bonchev–Trinajstić information content (AvgIpc) is 2.64. The maximum atomic E-state index is 11.8. The number of carbonyl (C=O) groups is 1. The molecule has 0 aromatic heterocycles.